The van der Waals surface area contributed by atoms with E-state index in [1.807, 2.05) is 12.1 Å². The summed E-state index contributed by atoms with van der Waals surface area (Å²) in [7, 11) is 3.92. The van der Waals surface area contributed by atoms with Gasteiger partial charge in [0.1, 0.15) is 0 Å². The molecule has 0 radical (unpaired) electrons. The van der Waals surface area contributed by atoms with Gasteiger partial charge < -0.3 is 20.4 Å². The minimum Gasteiger partial charge on any atom is -0.459 e. The third-order valence-electron chi connectivity index (χ3n) is 5.40. The molecule has 0 bridgehead atoms. The molecule has 1 aromatic heterocycles. The largest absolute Gasteiger partial charge is 0.459 e. The number of aliphatic imine (C=N–C) groups is 1. The Hall–Kier alpha value is -1.78. The van der Waals surface area contributed by atoms with E-state index in [4.69, 9.17) is 16.0 Å². The molecule has 2 unspecified atom stereocenters. The number of benzene rings is 1. The Morgan fingerprint density at radius 1 is 1.23 bits per heavy atom. The van der Waals surface area contributed by atoms with E-state index in [0.717, 1.165) is 30.5 Å². The Morgan fingerprint density at radius 2 is 2.03 bits per heavy atom. The first-order valence-corrected chi connectivity index (χ1v) is 10.7. The van der Waals surface area contributed by atoms with Crippen LogP contribution in [0.15, 0.2) is 52.1 Å². The van der Waals surface area contributed by atoms with Crippen LogP contribution in [0.1, 0.15) is 35.0 Å². The second-order valence-corrected chi connectivity index (χ2v) is 7.93. The van der Waals surface area contributed by atoms with Crippen molar-refractivity contribution in [3.8, 4) is 0 Å². The molecule has 0 aliphatic carbocycles. The number of guanidine groups is 1. The summed E-state index contributed by atoms with van der Waals surface area (Å²) in [4.78, 5) is 18.6. The van der Waals surface area contributed by atoms with Gasteiger partial charge in [0.2, 0.25) is 0 Å². The van der Waals surface area contributed by atoms with Crippen molar-refractivity contribution < 1.29 is 9.21 Å². The molecular weight excluding hydrogens is 529 g/mol. The zero-order valence-electron chi connectivity index (χ0n) is 17.9. The van der Waals surface area contributed by atoms with Crippen molar-refractivity contribution in [3.63, 3.8) is 0 Å². The zero-order valence-corrected chi connectivity index (χ0v) is 21.0. The lowest BCUT2D eigenvalue weighted by molar-refractivity contribution is 0.0926. The maximum atomic E-state index is 11.9. The molecule has 2 heterocycles. The van der Waals surface area contributed by atoms with Crippen molar-refractivity contribution in [1.82, 2.24) is 20.9 Å². The summed E-state index contributed by atoms with van der Waals surface area (Å²) in [6, 6.07) is 11.8. The molecule has 1 saturated heterocycles. The number of likely N-dealkylation sites (tertiary alicyclic amines) is 1. The van der Waals surface area contributed by atoms with Crippen molar-refractivity contribution in [2.24, 2.45) is 10.9 Å². The lowest BCUT2D eigenvalue weighted by Crippen LogP contribution is -2.46. The molecule has 3 rings (SSSR count). The monoisotopic (exact) mass is 559 g/mol. The summed E-state index contributed by atoms with van der Waals surface area (Å²) >= 11 is 6.24. The van der Waals surface area contributed by atoms with Crippen LogP contribution in [-0.2, 0) is 0 Å². The van der Waals surface area contributed by atoms with Gasteiger partial charge in [-0.3, -0.25) is 14.7 Å². The molecule has 1 aliphatic heterocycles. The van der Waals surface area contributed by atoms with E-state index in [2.05, 4.69) is 45.0 Å². The standard InChI is InChI=1S/C22H30ClN5O2.HI/c1-24-22(26-11-10-25-21(29)19-9-5-13-30-19)27-15-17-7-4-12-28(2)20(17)16-6-3-8-18(23)14-16;/h3,5-6,8-9,13-14,17,20H,4,7,10-12,15H2,1-2H3,(H,25,29)(H2,24,26,27);1H. The van der Waals surface area contributed by atoms with Crippen LogP contribution in [0.3, 0.4) is 0 Å². The minimum absolute atomic E-state index is 0. The summed E-state index contributed by atoms with van der Waals surface area (Å²) in [5.41, 5.74) is 1.25. The van der Waals surface area contributed by atoms with Crippen LogP contribution in [0.5, 0.6) is 0 Å². The minimum atomic E-state index is -0.223. The number of hydrogen-bond acceptors (Lipinski definition) is 4. The quantitative estimate of drug-likeness (QED) is 0.209. The van der Waals surface area contributed by atoms with E-state index in [0.29, 0.717) is 30.8 Å². The Morgan fingerprint density at radius 3 is 2.74 bits per heavy atom. The molecule has 31 heavy (non-hydrogen) atoms. The number of rotatable bonds is 7. The third-order valence-corrected chi connectivity index (χ3v) is 5.64. The van der Waals surface area contributed by atoms with Crippen LogP contribution in [-0.4, -0.2) is 57.0 Å². The molecule has 0 spiro atoms. The van der Waals surface area contributed by atoms with Crippen LogP contribution in [0.4, 0.5) is 0 Å². The van der Waals surface area contributed by atoms with Gasteiger partial charge in [0, 0.05) is 37.7 Å². The molecule has 1 aromatic carbocycles. The summed E-state index contributed by atoms with van der Waals surface area (Å²) in [5, 5.41) is 10.3. The molecule has 1 amide bonds. The molecule has 170 valence electrons. The van der Waals surface area contributed by atoms with E-state index >= 15 is 0 Å². The number of halogens is 2. The Balaban J connectivity index is 0.00000341. The Bertz CT molecular complexity index is 846. The normalized spacial score (nSPS) is 19.4. The van der Waals surface area contributed by atoms with Crippen LogP contribution >= 0.6 is 35.6 Å². The van der Waals surface area contributed by atoms with Gasteiger partial charge in [-0.25, -0.2) is 0 Å². The average Bonchev–Trinajstić information content (AvgIpc) is 3.28. The van der Waals surface area contributed by atoms with Gasteiger partial charge in [-0.1, -0.05) is 23.7 Å². The number of nitrogens with zero attached hydrogens (tertiary/aromatic N) is 2. The average molecular weight is 560 g/mol. The highest BCUT2D eigenvalue weighted by Crippen LogP contribution is 2.35. The molecular formula is C22H31ClIN5O2. The van der Waals surface area contributed by atoms with Gasteiger partial charge >= 0.3 is 0 Å². The van der Waals surface area contributed by atoms with E-state index in [-0.39, 0.29) is 29.9 Å². The fourth-order valence-electron chi connectivity index (χ4n) is 3.99. The molecule has 1 aliphatic rings. The van der Waals surface area contributed by atoms with Crippen LogP contribution in [0.25, 0.3) is 0 Å². The summed E-state index contributed by atoms with van der Waals surface area (Å²) in [6.45, 7) is 2.92. The first-order valence-electron chi connectivity index (χ1n) is 10.3. The van der Waals surface area contributed by atoms with Crippen molar-refractivity contribution in [2.75, 3.05) is 40.3 Å². The van der Waals surface area contributed by atoms with Gasteiger partial charge in [0.05, 0.1) is 6.26 Å². The first kappa shape index (κ1) is 25.5. The zero-order chi connectivity index (χ0) is 21.3. The summed E-state index contributed by atoms with van der Waals surface area (Å²) in [6.07, 6.45) is 3.80. The maximum absolute atomic E-state index is 11.9. The van der Waals surface area contributed by atoms with Gasteiger partial charge in [0.15, 0.2) is 11.7 Å². The van der Waals surface area contributed by atoms with Gasteiger partial charge in [0.25, 0.3) is 5.91 Å². The molecule has 7 nitrogen and oxygen atoms in total. The summed E-state index contributed by atoms with van der Waals surface area (Å²) in [5.74, 6) is 1.25. The number of carbonyl (C=O) groups excluding carboxylic acids is 1. The molecule has 3 N–H and O–H groups in total. The smallest absolute Gasteiger partial charge is 0.287 e. The van der Waals surface area contributed by atoms with E-state index in [1.54, 1.807) is 19.2 Å². The topological polar surface area (TPSA) is 81.9 Å². The number of nitrogens with one attached hydrogen (secondary N) is 3. The molecule has 9 heteroatoms. The van der Waals surface area contributed by atoms with Crippen molar-refractivity contribution in [2.45, 2.75) is 18.9 Å². The highest BCUT2D eigenvalue weighted by Gasteiger charge is 2.30. The highest BCUT2D eigenvalue weighted by atomic mass is 127. The van der Waals surface area contributed by atoms with Crippen molar-refractivity contribution >= 4 is 47.4 Å². The van der Waals surface area contributed by atoms with Crippen LogP contribution in [0.2, 0.25) is 5.02 Å². The van der Waals surface area contributed by atoms with Crippen molar-refractivity contribution in [1.29, 1.82) is 0 Å². The predicted octanol–water partition coefficient (Wildman–Crippen LogP) is 3.53. The van der Waals surface area contributed by atoms with E-state index in [1.165, 1.54) is 18.2 Å². The lowest BCUT2D eigenvalue weighted by atomic mass is 9.85. The Kier molecular flexibility index (Phi) is 10.6. The number of amides is 1. The van der Waals surface area contributed by atoms with Gasteiger partial charge in [-0.05, 0) is 62.2 Å². The summed E-state index contributed by atoms with van der Waals surface area (Å²) < 4.78 is 5.08. The SMILES string of the molecule is CN=C(NCCNC(=O)c1ccco1)NCC1CCCN(C)C1c1cccc(Cl)c1.I. The predicted molar refractivity (Wildman–Crippen MR) is 135 cm³/mol. The van der Waals surface area contributed by atoms with Gasteiger partial charge in [-0.15, -0.1) is 24.0 Å². The molecule has 2 atom stereocenters. The third kappa shape index (κ3) is 7.40. The number of hydrogen-bond donors (Lipinski definition) is 3. The number of carbonyl (C=O) groups is 1. The molecule has 1 fully saturated rings. The van der Waals surface area contributed by atoms with Gasteiger partial charge in [-0.2, -0.15) is 0 Å². The molecule has 0 saturated carbocycles. The van der Waals surface area contributed by atoms with E-state index < -0.39 is 0 Å². The van der Waals surface area contributed by atoms with Crippen LogP contribution in [0, 0.1) is 5.92 Å². The van der Waals surface area contributed by atoms with Crippen LogP contribution < -0.4 is 16.0 Å². The van der Waals surface area contributed by atoms with E-state index in [9.17, 15) is 4.79 Å². The first-order chi connectivity index (χ1) is 14.6. The second kappa shape index (κ2) is 12.9. The number of furan rings is 1. The highest BCUT2D eigenvalue weighted by molar-refractivity contribution is 14.0. The fraction of sp³-hybridized carbons (Fsp3) is 0.455. The molecule has 2 aromatic rings. The number of piperidine rings is 1. The Labute approximate surface area is 206 Å². The van der Waals surface area contributed by atoms with Crippen molar-refractivity contribution in [3.05, 3.63) is 59.0 Å². The fourth-order valence-corrected chi connectivity index (χ4v) is 4.19. The second-order valence-electron chi connectivity index (χ2n) is 7.50. The lowest BCUT2D eigenvalue weighted by Gasteiger charge is -2.40. The maximum Gasteiger partial charge on any atom is 0.287 e.